The van der Waals surface area contributed by atoms with Crippen LogP contribution in [0.15, 0.2) is 6.07 Å². The molecule has 2 aliphatic rings. The number of likely N-dealkylation sites (N-methyl/N-ethyl adjacent to an activating group) is 1. The minimum absolute atomic E-state index is 0.202. The van der Waals surface area contributed by atoms with E-state index < -0.39 is 0 Å². The largest absolute Gasteiger partial charge is 0.388 e. The zero-order valence-electron chi connectivity index (χ0n) is 14.0. The second kappa shape index (κ2) is 5.44. The maximum absolute atomic E-state index is 10.5. The minimum Gasteiger partial charge on any atom is -0.388 e. The lowest BCUT2D eigenvalue weighted by Gasteiger charge is -2.36. The molecule has 21 heavy (non-hydrogen) atoms. The van der Waals surface area contributed by atoms with Crippen molar-refractivity contribution in [3.05, 3.63) is 23.0 Å². The molecule has 3 heteroatoms. The van der Waals surface area contributed by atoms with E-state index in [0.29, 0.717) is 6.04 Å². The van der Waals surface area contributed by atoms with Crippen LogP contribution in [0.1, 0.15) is 62.6 Å². The molecule has 3 nitrogen and oxygen atoms in total. The van der Waals surface area contributed by atoms with Crippen molar-refractivity contribution in [1.29, 1.82) is 0 Å². The summed E-state index contributed by atoms with van der Waals surface area (Å²) in [5.74, 6) is 0. The monoisotopic (exact) mass is 290 g/mol. The zero-order chi connectivity index (χ0) is 15.2. The minimum atomic E-state index is -0.284. The molecule has 1 aromatic heterocycles. The highest BCUT2D eigenvalue weighted by molar-refractivity contribution is 5.33. The molecule has 1 aromatic rings. The van der Waals surface area contributed by atoms with Crippen molar-refractivity contribution in [3.8, 4) is 0 Å². The Morgan fingerprint density at radius 1 is 1.33 bits per heavy atom. The van der Waals surface area contributed by atoms with Gasteiger partial charge in [-0.2, -0.15) is 0 Å². The maximum Gasteiger partial charge on any atom is 0.0812 e. The fourth-order valence-electron chi connectivity index (χ4n) is 4.24. The third kappa shape index (κ3) is 2.91. The van der Waals surface area contributed by atoms with Gasteiger partial charge in [0.1, 0.15) is 0 Å². The molecule has 118 valence electrons. The fraction of sp³-hybridized carbons (Fsp3) is 0.778. The second-order valence-corrected chi connectivity index (χ2v) is 7.99. The first kappa shape index (κ1) is 15.1. The van der Waals surface area contributed by atoms with Crippen LogP contribution in [0.3, 0.4) is 0 Å². The summed E-state index contributed by atoms with van der Waals surface area (Å²) in [5, 5.41) is 10.5. The molecule has 0 aromatic carbocycles. The predicted molar refractivity (Wildman–Crippen MR) is 86.5 cm³/mol. The predicted octanol–water partition coefficient (Wildman–Crippen LogP) is 3.29. The van der Waals surface area contributed by atoms with Crippen LogP contribution in [0, 0.1) is 12.3 Å². The van der Waals surface area contributed by atoms with Crippen LogP contribution in [0.2, 0.25) is 0 Å². The Kier molecular flexibility index (Phi) is 3.91. The summed E-state index contributed by atoms with van der Waals surface area (Å²) in [6.45, 7) is 9.06. The van der Waals surface area contributed by atoms with Crippen molar-refractivity contribution in [2.75, 3.05) is 13.6 Å². The van der Waals surface area contributed by atoms with E-state index >= 15 is 0 Å². The summed E-state index contributed by atoms with van der Waals surface area (Å²) < 4.78 is 2.49. The number of aryl methyl sites for hydroxylation is 1. The van der Waals surface area contributed by atoms with Crippen LogP contribution in [-0.4, -0.2) is 34.2 Å². The average molecular weight is 290 g/mol. The van der Waals surface area contributed by atoms with Crippen LogP contribution >= 0.6 is 0 Å². The van der Waals surface area contributed by atoms with Gasteiger partial charge in [0, 0.05) is 29.5 Å². The number of piperidine rings is 1. The van der Waals surface area contributed by atoms with Gasteiger partial charge in [-0.1, -0.05) is 20.3 Å². The first-order valence-electron chi connectivity index (χ1n) is 8.44. The Balaban J connectivity index is 1.89. The summed E-state index contributed by atoms with van der Waals surface area (Å²) >= 11 is 0. The van der Waals surface area contributed by atoms with Crippen molar-refractivity contribution in [3.63, 3.8) is 0 Å². The first-order valence-corrected chi connectivity index (χ1v) is 8.44. The van der Waals surface area contributed by atoms with Gasteiger partial charge in [-0.15, -0.1) is 0 Å². The SMILES string of the molecule is Cc1cc2c(n1CC1CCCCN1C)CC(C)(C)CC2O. The standard InChI is InChI=1S/C18H30N2O/c1-13-9-15-16(10-18(2,3)11-17(15)21)20(13)12-14-7-5-6-8-19(14)4/h9,14,17,21H,5-8,10-12H2,1-4H3. The molecule has 3 rings (SSSR count). The Morgan fingerprint density at radius 3 is 2.81 bits per heavy atom. The highest BCUT2D eigenvalue weighted by atomic mass is 16.3. The molecule has 2 heterocycles. The number of fused-ring (bicyclic) bond motifs is 1. The lowest BCUT2D eigenvalue weighted by atomic mass is 9.75. The molecular formula is C18H30N2O. The highest BCUT2D eigenvalue weighted by Gasteiger charge is 2.34. The Bertz CT molecular complexity index is 518. The molecule has 1 aliphatic heterocycles. The van der Waals surface area contributed by atoms with E-state index in [1.54, 1.807) is 0 Å². The van der Waals surface area contributed by atoms with Gasteiger partial charge >= 0.3 is 0 Å². The summed E-state index contributed by atoms with van der Waals surface area (Å²) in [5.41, 5.74) is 4.09. The second-order valence-electron chi connectivity index (χ2n) is 7.99. The summed E-state index contributed by atoms with van der Waals surface area (Å²) in [6, 6.07) is 2.87. The molecule has 2 atom stereocenters. The number of nitrogens with zero attached hydrogens (tertiary/aromatic N) is 2. The summed E-state index contributed by atoms with van der Waals surface area (Å²) in [7, 11) is 2.26. The normalized spacial score (nSPS) is 29.4. The molecule has 2 unspecified atom stereocenters. The first-order chi connectivity index (χ1) is 9.87. The molecule has 1 N–H and O–H groups in total. The van der Waals surface area contributed by atoms with Gasteiger partial charge in [-0.3, -0.25) is 0 Å². The average Bonchev–Trinajstić information content (AvgIpc) is 2.69. The van der Waals surface area contributed by atoms with Crippen LogP contribution in [0.25, 0.3) is 0 Å². The van der Waals surface area contributed by atoms with Crippen molar-refractivity contribution in [2.24, 2.45) is 5.41 Å². The molecule has 1 aliphatic carbocycles. The van der Waals surface area contributed by atoms with Crippen LogP contribution in [-0.2, 0) is 13.0 Å². The zero-order valence-corrected chi connectivity index (χ0v) is 14.0. The Morgan fingerprint density at radius 2 is 2.10 bits per heavy atom. The Hall–Kier alpha value is -0.800. The van der Waals surface area contributed by atoms with Crippen LogP contribution in [0.4, 0.5) is 0 Å². The molecule has 0 spiro atoms. The van der Waals surface area contributed by atoms with Gasteiger partial charge in [-0.25, -0.2) is 0 Å². The Labute approximate surface area is 129 Å². The number of aliphatic hydroxyl groups is 1. The van der Waals surface area contributed by atoms with E-state index in [4.69, 9.17) is 0 Å². The van der Waals surface area contributed by atoms with Gasteiger partial charge in [-0.05, 0) is 57.7 Å². The van der Waals surface area contributed by atoms with E-state index in [0.717, 1.165) is 19.4 Å². The van der Waals surface area contributed by atoms with Gasteiger partial charge in [0.15, 0.2) is 0 Å². The van der Waals surface area contributed by atoms with Crippen LogP contribution in [0.5, 0.6) is 0 Å². The van der Waals surface area contributed by atoms with E-state index in [2.05, 4.69) is 43.4 Å². The lowest BCUT2D eigenvalue weighted by molar-refractivity contribution is 0.0965. The number of hydrogen-bond acceptors (Lipinski definition) is 2. The molecule has 0 saturated carbocycles. The highest BCUT2D eigenvalue weighted by Crippen LogP contribution is 2.42. The van der Waals surface area contributed by atoms with Gasteiger partial charge < -0.3 is 14.6 Å². The quantitative estimate of drug-likeness (QED) is 0.905. The van der Waals surface area contributed by atoms with Gasteiger partial charge in [0.25, 0.3) is 0 Å². The van der Waals surface area contributed by atoms with Crippen molar-refractivity contribution >= 4 is 0 Å². The van der Waals surface area contributed by atoms with Gasteiger partial charge in [0.05, 0.1) is 6.10 Å². The van der Waals surface area contributed by atoms with Crippen molar-refractivity contribution in [2.45, 2.75) is 71.6 Å². The molecule has 1 fully saturated rings. The molecule has 0 amide bonds. The molecule has 0 bridgehead atoms. The van der Waals surface area contributed by atoms with Gasteiger partial charge in [0.2, 0.25) is 0 Å². The number of rotatable bonds is 2. The number of aliphatic hydroxyl groups excluding tert-OH is 1. The number of hydrogen-bond donors (Lipinski definition) is 1. The third-order valence-corrected chi connectivity index (χ3v) is 5.51. The number of aromatic nitrogens is 1. The fourth-order valence-corrected chi connectivity index (χ4v) is 4.24. The lowest BCUT2D eigenvalue weighted by Crippen LogP contribution is -2.40. The van der Waals surface area contributed by atoms with Crippen molar-refractivity contribution < 1.29 is 5.11 Å². The van der Waals surface area contributed by atoms with Crippen LogP contribution < -0.4 is 0 Å². The summed E-state index contributed by atoms with van der Waals surface area (Å²) in [4.78, 5) is 2.51. The third-order valence-electron chi connectivity index (χ3n) is 5.51. The van der Waals surface area contributed by atoms with E-state index in [1.807, 2.05) is 0 Å². The maximum atomic E-state index is 10.5. The van der Waals surface area contributed by atoms with Crippen molar-refractivity contribution in [1.82, 2.24) is 9.47 Å². The molecular weight excluding hydrogens is 260 g/mol. The van der Waals surface area contributed by atoms with E-state index in [9.17, 15) is 5.11 Å². The molecule has 1 saturated heterocycles. The topological polar surface area (TPSA) is 28.4 Å². The summed E-state index contributed by atoms with van der Waals surface area (Å²) in [6.07, 6.45) is 5.67. The van der Waals surface area contributed by atoms with E-state index in [1.165, 1.54) is 42.8 Å². The van der Waals surface area contributed by atoms with E-state index in [-0.39, 0.29) is 11.5 Å². The smallest absolute Gasteiger partial charge is 0.0812 e. The number of likely N-dealkylation sites (tertiary alicyclic amines) is 1. The molecule has 0 radical (unpaired) electrons.